The molecule has 0 aromatic heterocycles. The first kappa shape index (κ1) is 16.7. The molecule has 0 saturated carbocycles. The molecule has 1 aliphatic heterocycles. The molecule has 6 nitrogen and oxygen atoms in total. The van der Waals surface area contributed by atoms with Gasteiger partial charge in [-0.1, -0.05) is 24.3 Å². The number of phenolic OH excluding ortho intramolecular Hbond substituents is 1. The van der Waals surface area contributed by atoms with E-state index in [9.17, 15) is 14.7 Å². The predicted molar refractivity (Wildman–Crippen MR) is 97.3 cm³/mol. The third kappa shape index (κ3) is 3.22. The minimum atomic E-state index is -0.575. The molecule has 0 unspecified atom stereocenters. The van der Waals surface area contributed by atoms with Gasteiger partial charge < -0.3 is 9.84 Å². The number of phenols is 1. The Bertz CT molecular complexity index is 890. The maximum atomic E-state index is 12.9. The summed E-state index contributed by atoms with van der Waals surface area (Å²) in [5.74, 6) is -0.572. The molecule has 1 heterocycles. The van der Waals surface area contributed by atoms with Crippen LogP contribution in [0.4, 0.5) is 5.69 Å². The first-order valence-corrected chi connectivity index (χ1v) is 7.75. The summed E-state index contributed by atoms with van der Waals surface area (Å²) in [7, 11) is 1.49. The summed E-state index contributed by atoms with van der Waals surface area (Å²) in [6.45, 7) is 0. The highest BCUT2D eigenvalue weighted by Crippen LogP contribution is 2.30. The van der Waals surface area contributed by atoms with E-state index in [1.165, 1.54) is 30.2 Å². The van der Waals surface area contributed by atoms with E-state index in [4.69, 9.17) is 17.0 Å². The highest BCUT2D eigenvalue weighted by Gasteiger charge is 2.35. The van der Waals surface area contributed by atoms with E-state index in [1.807, 2.05) is 0 Å². The molecule has 1 aliphatic rings. The predicted octanol–water partition coefficient (Wildman–Crippen LogP) is 2.23. The first-order valence-electron chi connectivity index (χ1n) is 7.35. The number of anilines is 1. The van der Waals surface area contributed by atoms with E-state index < -0.39 is 11.8 Å². The largest absolute Gasteiger partial charge is 0.508 e. The summed E-state index contributed by atoms with van der Waals surface area (Å²) < 4.78 is 5.28. The fourth-order valence-corrected chi connectivity index (χ4v) is 2.70. The molecule has 0 bridgehead atoms. The van der Waals surface area contributed by atoms with E-state index in [-0.39, 0.29) is 16.4 Å². The van der Waals surface area contributed by atoms with Gasteiger partial charge in [0.15, 0.2) is 5.11 Å². The van der Waals surface area contributed by atoms with E-state index in [1.54, 1.807) is 36.4 Å². The Morgan fingerprint density at radius 3 is 2.48 bits per heavy atom. The number of carbonyl (C=O) groups excluding carboxylic acids is 2. The lowest BCUT2D eigenvalue weighted by molar-refractivity contribution is -0.122. The normalized spacial score (nSPS) is 16.1. The smallest absolute Gasteiger partial charge is 0.270 e. The van der Waals surface area contributed by atoms with Crippen molar-refractivity contribution in [1.29, 1.82) is 0 Å². The molecule has 1 saturated heterocycles. The standard InChI is InChI=1S/C18H14N2O4S/c1-24-15-5-3-2-4-14(15)20-17(23)13(16(22)19-18(20)25)10-11-6-8-12(21)9-7-11/h2-10,21H,1H3,(H,19,22,25)/b13-10+. The lowest BCUT2D eigenvalue weighted by atomic mass is 10.1. The average molecular weight is 354 g/mol. The average Bonchev–Trinajstić information content (AvgIpc) is 2.60. The summed E-state index contributed by atoms with van der Waals surface area (Å²) in [6, 6.07) is 13.0. The van der Waals surface area contributed by atoms with Crippen LogP contribution in [-0.4, -0.2) is 29.1 Å². The molecule has 7 heteroatoms. The van der Waals surface area contributed by atoms with Crippen LogP contribution < -0.4 is 15.0 Å². The summed E-state index contributed by atoms with van der Waals surface area (Å²) >= 11 is 5.16. The van der Waals surface area contributed by atoms with Crippen molar-refractivity contribution in [1.82, 2.24) is 5.32 Å². The zero-order valence-electron chi connectivity index (χ0n) is 13.2. The Hall–Kier alpha value is -3.19. The van der Waals surface area contributed by atoms with Crippen LogP contribution in [0.2, 0.25) is 0 Å². The van der Waals surface area contributed by atoms with E-state index in [0.29, 0.717) is 17.0 Å². The molecular weight excluding hydrogens is 340 g/mol. The number of para-hydroxylation sites is 2. The van der Waals surface area contributed by atoms with Crippen molar-refractivity contribution in [3.63, 3.8) is 0 Å². The highest BCUT2D eigenvalue weighted by molar-refractivity contribution is 7.80. The lowest BCUT2D eigenvalue weighted by Gasteiger charge is -2.29. The fourth-order valence-electron chi connectivity index (χ4n) is 2.43. The third-order valence-electron chi connectivity index (χ3n) is 3.63. The molecule has 0 aliphatic carbocycles. The van der Waals surface area contributed by atoms with Gasteiger partial charge in [0.05, 0.1) is 12.8 Å². The van der Waals surface area contributed by atoms with E-state index >= 15 is 0 Å². The Morgan fingerprint density at radius 2 is 1.80 bits per heavy atom. The number of rotatable bonds is 3. The van der Waals surface area contributed by atoms with Gasteiger partial charge in [-0.25, -0.2) is 4.90 Å². The summed E-state index contributed by atoms with van der Waals surface area (Å²) in [4.78, 5) is 26.3. The van der Waals surface area contributed by atoms with Crippen molar-refractivity contribution < 1.29 is 19.4 Å². The van der Waals surface area contributed by atoms with Crippen LogP contribution in [0.5, 0.6) is 11.5 Å². The number of hydrogen-bond donors (Lipinski definition) is 2. The zero-order valence-corrected chi connectivity index (χ0v) is 14.0. The molecule has 0 atom stereocenters. The highest BCUT2D eigenvalue weighted by atomic mass is 32.1. The number of carbonyl (C=O) groups is 2. The number of hydrogen-bond acceptors (Lipinski definition) is 5. The molecule has 2 aromatic rings. The van der Waals surface area contributed by atoms with Gasteiger partial charge >= 0.3 is 0 Å². The van der Waals surface area contributed by atoms with Crippen molar-refractivity contribution in [3.8, 4) is 11.5 Å². The second-order valence-electron chi connectivity index (χ2n) is 5.22. The van der Waals surface area contributed by atoms with Gasteiger partial charge in [0.1, 0.15) is 17.1 Å². The van der Waals surface area contributed by atoms with Gasteiger partial charge in [0.25, 0.3) is 11.8 Å². The number of methoxy groups -OCH3 is 1. The molecule has 0 spiro atoms. The fraction of sp³-hybridized carbons (Fsp3) is 0.0556. The minimum Gasteiger partial charge on any atom is -0.508 e. The van der Waals surface area contributed by atoms with Crippen molar-refractivity contribution in [3.05, 3.63) is 59.7 Å². The summed E-state index contributed by atoms with van der Waals surface area (Å²) in [5.41, 5.74) is 0.978. The minimum absolute atomic E-state index is 0.0117. The third-order valence-corrected chi connectivity index (χ3v) is 3.92. The number of thiocarbonyl (C=S) groups is 1. The van der Waals surface area contributed by atoms with Gasteiger partial charge in [0, 0.05) is 0 Å². The van der Waals surface area contributed by atoms with Crippen LogP contribution >= 0.6 is 12.2 Å². The zero-order chi connectivity index (χ0) is 18.0. The molecule has 25 heavy (non-hydrogen) atoms. The van der Waals surface area contributed by atoms with Gasteiger partial charge in [-0.15, -0.1) is 0 Å². The number of nitrogens with one attached hydrogen (secondary N) is 1. The first-order chi connectivity index (χ1) is 12.0. The maximum Gasteiger partial charge on any atom is 0.270 e. The van der Waals surface area contributed by atoms with Crippen LogP contribution in [0.15, 0.2) is 54.1 Å². The van der Waals surface area contributed by atoms with Crippen molar-refractivity contribution in [2.45, 2.75) is 0 Å². The van der Waals surface area contributed by atoms with Crippen molar-refractivity contribution in [2.24, 2.45) is 0 Å². The molecule has 2 N–H and O–H groups in total. The van der Waals surface area contributed by atoms with Crippen LogP contribution in [0, 0.1) is 0 Å². The van der Waals surface area contributed by atoms with Crippen molar-refractivity contribution in [2.75, 3.05) is 12.0 Å². The Balaban J connectivity index is 2.04. The van der Waals surface area contributed by atoms with Gasteiger partial charge in [0.2, 0.25) is 0 Å². The second kappa shape index (κ2) is 6.74. The monoisotopic (exact) mass is 354 g/mol. The molecule has 1 fully saturated rings. The summed E-state index contributed by atoms with van der Waals surface area (Å²) in [6.07, 6.45) is 1.45. The molecule has 3 rings (SSSR count). The molecule has 126 valence electrons. The van der Waals surface area contributed by atoms with E-state index in [0.717, 1.165) is 0 Å². The van der Waals surface area contributed by atoms with Crippen LogP contribution in [0.25, 0.3) is 6.08 Å². The van der Waals surface area contributed by atoms with Crippen LogP contribution in [0.3, 0.4) is 0 Å². The Labute approximate surface area is 149 Å². The van der Waals surface area contributed by atoms with Gasteiger partial charge in [-0.3, -0.25) is 14.9 Å². The molecule has 0 radical (unpaired) electrons. The second-order valence-corrected chi connectivity index (χ2v) is 5.61. The molecule has 2 amide bonds. The lowest BCUT2D eigenvalue weighted by Crippen LogP contribution is -2.54. The number of ether oxygens (including phenoxy) is 1. The quantitative estimate of drug-likeness (QED) is 0.502. The SMILES string of the molecule is COc1ccccc1N1C(=O)/C(=C/c2ccc(O)cc2)C(=O)NC1=S. The number of nitrogens with zero attached hydrogens (tertiary/aromatic N) is 1. The topological polar surface area (TPSA) is 78.9 Å². The van der Waals surface area contributed by atoms with Gasteiger partial charge in [-0.05, 0) is 48.1 Å². The van der Waals surface area contributed by atoms with Crippen molar-refractivity contribution >= 4 is 40.9 Å². The number of amides is 2. The molecule has 2 aromatic carbocycles. The van der Waals surface area contributed by atoms with Crippen LogP contribution in [0.1, 0.15) is 5.56 Å². The van der Waals surface area contributed by atoms with Gasteiger partial charge in [-0.2, -0.15) is 0 Å². The Kier molecular flexibility index (Phi) is 4.49. The van der Waals surface area contributed by atoms with E-state index in [2.05, 4.69) is 5.32 Å². The molecular formula is C18H14N2O4S. The maximum absolute atomic E-state index is 12.9. The summed E-state index contributed by atoms with van der Waals surface area (Å²) in [5, 5.41) is 11.8. The number of aromatic hydroxyl groups is 1. The Morgan fingerprint density at radius 1 is 1.12 bits per heavy atom. The van der Waals surface area contributed by atoms with Crippen LogP contribution in [-0.2, 0) is 9.59 Å². The number of benzene rings is 2.